The second kappa shape index (κ2) is 8.06. The number of rotatable bonds is 6. The third-order valence-corrected chi connectivity index (χ3v) is 5.09. The van der Waals surface area contributed by atoms with Crippen LogP contribution in [0.3, 0.4) is 0 Å². The summed E-state index contributed by atoms with van der Waals surface area (Å²) in [5.41, 5.74) is 3.71. The zero-order valence-corrected chi connectivity index (χ0v) is 14.4. The summed E-state index contributed by atoms with van der Waals surface area (Å²) in [7, 11) is 1.76. The Morgan fingerprint density at radius 1 is 1.43 bits per heavy atom. The molecule has 0 aliphatic carbocycles. The highest BCUT2D eigenvalue weighted by atomic mass is 32.2. The summed E-state index contributed by atoms with van der Waals surface area (Å²) in [4.78, 5) is 0. The van der Waals surface area contributed by atoms with E-state index in [1.807, 2.05) is 11.8 Å². The molecule has 1 N–H and O–H groups in total. The van der Waals surface area contributed by atoms with E-state index in [9.17, 15) is 0 Å². The Balaban J connectivity index is 2.33. The van der Waals surface area contributed by atoms with Crippen LogP contribution in [-0.2, 0) is 4.74 Å². The summed E-state index contributed by atoms with van der Waals surface area (Å²) in [6, 6.07) is 4.58. The van der Waals surface area contributed by atoms with Gasteiger partial charge in [-0.1, -0.05) is 19.1 Å². The van der Waals surface area contributed by atoms with E-state index in [-0.39, 0.29) is 12.1 Å². The molecule has 21 heavy (non-hydrogen) atoms. The fourth-order valence-electron chi connectivity index (χ4n) is 2.77. The maximum absolute atomic E-state index is 6.02. The van der Waals surface area contributed by atoms with Crippen molar-refractivity contribution in [1.82, 2.24) is 5.32 Å². The first kappa shape index (κ1) is 16.7. The van der Waals surface area contributed by atoms with Crippen molar-refractivity contribution in [1.29, 1.82) is 0 Å². The van der Waals surface area contributed by atoms with Crippen molar-refractivity contribution < 1.29 is 9.47 Å². The highest BCUT2D eigenvalue weighted by Crippen LogP contribution is 2.35. The molecule has 1 saturated heterocycles. The van der Waals surface area contributed by atoms with Crippen LogP contribution in [-0.4, -0.2) is 37.9 Å². The molecule has 2 atom stereocenters. The molecule has 1 aliphatic rings. The van der Waals surface area contributed by atoms with Crippen LogP contribution in [0.5, 0.6) is 5.75 Å². The zero-order valence-electron chi connectivity index (χ0n) is 13.6. The highest BCUT2D eigenvalue weighted by molar-refractivity contribution is 7.99. The van der Waals surface area contributed by atoms with Gasteiger partial charge >= 0.3 is 0 Å². The van der Waals surface area contributed by atoms with Gasteiger partial charge in [0, 0.05) is 17.1 Å². The minimum Gasteiger partial charge on any atom is -0.496 e. The standard InChI is InChI=1S/C17H27NO2S/c1-5-8-18-16(15-11-21-10-9-20-15)14-7-6-12(2)13(3)17(14)19-4/h6-7,15-16,18H,5,8-11H2,1-4H3. The molecule has 0 bridgehead atoms. The number of hydrogen-bond acceptors (Lipinski definition) is 4. The molecule has 0 saturated carbocycles. The van der Waals surface area contributed by atoms with Gasteiger partial charge in [-0.3, -0.25) is 0 Å². The Bertz CT molecular complexity index is 458. The quantitative estimate of drug-likeness (QED) is 0.871. The predicted molar refractivity (Wildman–Crippen MR) is 90.6 cm³/mol. The van der Waals surface area contributed by atoms with Gasteiger partial charge in [-0.05, 0) is 37.9 Å². The van der Waals surface area contributed by atoms with Crippen LogP contribution in [0.2, 0.25) is 0 Å². The predicted octanol–water partition coefficient (Wildman–Crippen LogP) is 3.48. The Hall–Kier alpha value is -0.710. The molecule has 1 aromatic rings. The van der Waals surface area contributed by atoms with Crippen LogP contribution in [0.15, 0.2) is 12.1 Å². The molecule has 0 radical (unpaired) electrons. The summed E-state index contributed by atoms with van der Waals surface area (Å²) >= 11 is 1.97. The normalized spacial score (nSPS) is 20.3. The van der Waals surface area contributed by atoms with Crippen molar-refractivity contribution in [3.05, 3.63) is 28.8 Å². The molecule has 0 spiro atoms. The van der Waals surface area contributed by atoms with Gasteiger partial charge in [-0.15, -0.1) is 0 Å². The topological polar surface area (TPSA) is 30.5 Å². The third kappa shape index (κ3) is 3.93. The van der Waals surface area contributed by atoms with Gasteiger partial charge < -0.3 is 14.8 Å². The molecule has 1 aromatic carbocycles. The molecular formula is C17H27NO2S. The second-order valence-electron chi connectivity index (χ2n) is 5.55. The van der Waals surface area contributed by atoms with Crippen molar-refractivity contribution in [3.63, 3.8) is 0 Å². The van der Waals surface area contributed by atoms with Gasteiger partial charge in [0.05, 0.1) is 25.9 Å². The van der Waals surface area contributed by atoms with E-state index in [1.165, 1.54) is 16.7 Å². The number of aryl methyl sites for hydroxylation is 1. The first-order valence-corrected chi connectivity index (χ1v) is 8.91. The van der Waals surface area contributed by atoms with Crippen LogP contribution in [0.25, 0.3) is 0 Å². The molecular weight excluding hydrogens is 282 g/mol. The SMILES string of the molecule is CCCNC(c1ccc(C)c(C)c1OC)C1CSCCO1. The van der Waals surface area contributed by atoms with Crippen LogP contribution >= 0.6 is 11.8 Å². The monoisotopic (exact) mass is 309 g/mol. The lowest BCUT2D eigenvalue weighted by Crippen LogP contribution is -2.38. The van der Waals surface area contributed by atoms with E-state index >= 15 is 0 Å². The number of thioether (sulfide) groups is 1. The zero-order chi connectivity index (χ0) is 15.2. The lowest BCUT2D eigenvalue weighted by molar-refractivity contribution is 0.0461. The molecule has 118 valence electrons. The molecule has 4 heteroatoms. The van der Waals surface area contributed by atoms with E-state index in [1.54, 1.807) is 7.11 Å². The molecule has 2 unspecified atom stereocenters. The summed E-state index contributed by atoms with van der Waals surface area (Å²) in [6.07, 6.45) is 1.33. The number of methoxy groups -OCH3 is 1. The van der Waals surface area contributed by atoms with Crippen LogP contribution < -0.4 is 10.1 Å². The van der Waals surface area contributed by atoms with E-state index < -0.39 is 0 Å². The van der Waals surface area contributed by atoms with E-state index in [4.69, 9.17) is 9.47 Å². The van der Waals surface area contributed by atoms with Crippen molar-refractivity contribution in [2.45, 2.75) is 39.3 Å². The van der Waals surface area contributed by atoms with Gasteiger partial charge in [-0.2, -0.15) is 11.8 Å². The fourth-order valence-corrected chi connectivity index (χ4v) is 3.67. The molecule has 1 heterocycles. The smallest absolute Gasteiger partial charge is 0.126 e. The van der Waals surface area contributed by atoms with Crippen LogP contribution in [0.1, 0.15) is 36.1 Å². The van der Waals surface area contributed by atoms with Crippen molar-refractivity contribution in [3.8, 4) is 5.75 Å². The first-order valence-electron chi connectivity index (χ1n) is 7.75. The lowest BCUT2D eigenvalue weighted by Gasteiger charge is -2.32. The van der Waals surface area contributed by atoms with Gasteiger partial charge in [-0.25, -0.2) is 0 Å². The van der Waals surface area contributed by atoms with E-state index in [0.29, 0.717) is 0 Å². The third-order valence-electron chi connectivity index (χ3n) is 4.07. The summed E-state index contributed by atoms with van der Waals surface area (Å²) in [5, 5.41) is 3.66. The molecule has 1 fully saturated rings. The fraction of sp³-hybridized carbons (Fsp3) is 0.647. The van der Waals surface area contributed by atoms with Crippen molar-refractivity contribution >= 4 is 11.8 Å². The molecule has 0 aromatic heterocycles. The summed E-state index contributed by atoms with van der Waals surface area (Å²) < 4.78 is 11.7. The van der Waals surface area contributed by atoms with Gasteiger partial charge in [0.25, 0.3) is 0 Å². The largest absolute Gasteiger partial charge is 0.496 e. The van der Waals surface area contributed by atoms with Crippen molar-refractivity contribution in [2.24, 2.45) is 0 Å². The van der Waals surface area contributed by atoms with Gasteiger partial charge in [0.2, 0.25) is 0 Å². The minimum absolute atomic E-state index is 0.201. The Labute approximate surface area is 132 Å². The highest BCUT2D eigenvalue weighted by Gasteiger charge is 2.28. The Morgan fingerprint density at radius 2 is 2.24 bits per heavy atom. The number of nitrogens with one attached hydrogen (secondary N) is 1. The Morgan fingerprint density at radius 3 is 2.86 bits per heavy atom. The van der Waals surface area contributed by atoms with Gasteiger partial charge in [0.1, 0.15) is 5.75 Å². The average Bonchev–Trinajstić information content (AvgIpc) is 2.52. The van der Waals surface area contributed by atoms with Gasteiger partial charge in [0.15, 0.2) is 0 Å². The average molecular weight is 309 g/mol. The second-order valence-corrected chi connectivity index (χ2v) is 6.70. The van der Waals surface area contributed by atoms with Crippen LogP contribution in [0, 0.1) is 13.8 Å². The summed E-state index contributed by atoms with van der Waals surface area (Å²) in [6.45, 7) is 8.28. The number of benzene rings is 1. The van der Waals surface area contributed by atoms with Crippen molar-refractivity contribution in [2.75, 3.05) is 31.8 Å². The lowest BCUT2D eigenvalue weighted by atomic mass is 9.96. The molecule has 0 amide bonds. The number of ether oxygens (including phenoxy) is 2. The van der Waals surface area contributed by atoms with E-state index in [2.05, 4.69) is 38.2 Å². The Kier molecular flexibility index (Phi) is 6.40. The molecule has 1 aliphatic heterocycles. The van der Waals surface area contributed by atoms with E-state index in [0.717, 1.165) is 36.8 Å². The maximum Gasteiger partial charge on any atom is 0.126 e. The minimum atomic E-state index is 0.201. The number of hydrogen-bond donors (Lipinski definition) is 1. The molecule has 2 rings (SSSR count). The first-order chi connectivity index (χ1) is 10.2. The maximum atomic E-state index is 6.02. The molecule has 3 nitrogen and oxygen atoms in total. The van der Waals surface area contributed by atoms with Crippen LogP contribution in [0.4, 0.5) is 0 Å². The summed E-state index contributed by atoms with van der Waals surface area (Å²) in [5.74, 6) is 3.14.